The van der Waals surface area contributed by atoms with E-state index in [9.17, 15) is 0 Å². The first-order valence-electron chi connectivity index (χ1n) is 5.84. The average Bonchev–Trinajstić information content (AvgIpc) is 2.39. The van der Waals surface area contributed by atoms with Crippen molar-refractivity contribution < 1.29 is 4.74 Å². The zero-order valence-electron chi connectivity index (χ0n) is 11.0. The van der Waals surface area contributed by atoms with Crippen LogP contribution in [0.4, 0.5) is 0 Å². The van der Waals surface area contributed by atoms with Gasteiger partial charge in [-0.25, -0.2) is 9.97 Å². The van der Waals surface area contributed by atoms with Gasteiger partial charge in [0.2, 0.25) is 5.88 Å². The van der Waals surface area contributed by atoms with E-state index in [2.05, 4.69) is 16.0 Å². The third-order valence-corrected chi connectivity index (χ3v) is 3.65. The Morgan fingerprint density at radius 3 is 2.47 bits per heavy atom. The summed E-state index contributed by atoms with van der Waals surface area (Å²) in [6, 6.07) is 4.08. The maximum Gasteiger partial charge on any atom is 0.228 e. The number of ether oxygens (including phenoxy) is 1. The lowest BCUT2D eigenvalue weighted by molar-refractivity contribution is 0.449. The highest BCUT2D eigenvalue weighted by Crippen LogP contribution is 2.33. The molecular formula is C14H14Cl2N2O. The highest BCUT2D eigenvalue weighted by molar-refractivity contribution is 6.31. The Kier molecular flexibility index (Phi) is 4.27. The van der Waals surface area contributed by atoms with Crippen LogP contribution in [0.25, 0.3) is 0 Å². The number of halogens is 2. The molecule has 1 aromatic heterocycles. The maximum absolute atomic E-state index is 5.99. The van der Waals surface area contributed by atoms with Gasteiger partial charge in [-0.05, 0) is 37.5 Å². The van der Waals surface area contributed by atoms with Crippen LogP contribution >= 0.6 is 23.2 Å². The Hall–Kier alpha value is -1.32. The van der Waals surface area contributed by atoms with E-state index < -0.39 is 0 Å². The number of aromatic nitrogens is 2. The van der Waals surface area contributed by atoms with Gasteiger partial charge < -0.3 is 4.74 Å². The first-order chi connectivity index (χ1) is 9.04. The molecule has 0 radical (unpaired) electrons. The number of nitrogens with zero attached hydrogens (tertiary/aromatic N) is 2. The molecule has 5 heteroatoms. The Bertz CT molecular complexity index is 615. The molecule has 2 rings (SSSR count). The van der Waals surface area contributed by atoms with Crippen LogP contribution in [0.1, 0.15) is 22.3 Å². The molecule has 0 spiro atoms. The molecule has 0 amide bonds. The van der Waals surface area contributed by atoms with Crippen LogP contribution in [0.2, 0.25) is 5.15 Å². The van der Waals surface area contributed by atoms with Gasteiger partial charge in [-0.15, -0.1) is 11.6 Å². The lowest BCUT2D eigenvalue weighted by atomic mass is 10.1. The molecular weight excluding hydrogens is 283 g/mol. The normalized spacial score (nSPS) is 10.6. The number of alkyl halides is 1. The third-order valence-electron chi connectivity index (χ3n) is 3.06. The van der Waals surface area contributed by atoms with Crippen molar-refractivity contribution in [3.8, 4) is 11.6 Å². The first kappa shape index (κ1) is 14.1. The Morgan fingerprint density at radius 1 is 1.11 bits per heavy atom. The Balaban J connectivity index is 2.48. The van der Waals surface area contributed by atoms with Crippen molar-refractivity contribution in [2.24, 2.45) is 0 Å². The molecule has 1 heterocycles. The molecule has 0 aliphatic rings. The van der Waals surface area contributed by atoms with E-state index in [1.165, 1.54) is 6.33 Å². The highest BCUT2D eigenvalue weighted by Gasteiger charge is 2.14. The standard InChI is InChI=1S/C14H14Cl2N2O/c1-8-4-5-9(2)12(10(8)3)19-14-11(6-15)13(16)17-7-18-14/h4-5,7H,6H2,1-3H3. The molecule has 0 unspecified atom stereocenters. The summed E-state index contributed by atoms with van der Waals surface area (Å²) in [7, 11) is 0. The van der Waals surface area contributed by atoms with Crippen LogP contribution in [0, 0.1) is 20.8 Å². The summed E-state index contributed by atoms with van der Waals surface area (Å²) in [5.74, 6) is 1.41. The van der Waals surface area contributed by atoms with Gasteiger partial charge in [0.1, 0.15) is 17.2 Å². The second-order valence-corrected chi connectivity index (χ2v) is 4.96. The predicted molar refractivity (Wildman–Crippen MR) is 77.3 cm³/mol. The van der Waals surface area contributed by atoms with Crippen molar-refractivity contribution in [3.63, 3.8) is 0 Å². The summed E-state index contributed by atoms with van der Waals surface area (Å²) in [5, 5.41) is 0.322. The summed E-state index contributed by atoms with van der Waals surface area (Å²) in [6.45, 7) is 6.04. The Morgan fingerprint density at radius 2 is 1.79 bits per heavy atom. The van der Waals surface area contributed by atoms with E-state index in [1.54, 1.807) is 0 Å². The van der Waals surface area contributed by atoms with E-state index >= 15 is 0 Å². The van der Waals surface area contributed by atoms with Crippen molar-refractivity contribution in [2.75, 3.05) is 0 Å². The van der Waals surface area contributed by atoms with Crippen molar-refractivity contribution in [2.45, 2.75) is 26.7 Å². The van der Waals surface area contributed by atoms with Crippen molar-refractivity contribution >= 4 is 23.2 Å². The van der Waals surface area contributed by atoms with Gasteiger partial charge in [-0.1, -0.05) is 23.7 Å². The summed E-state index contributed by atoms with van der Waals surface area (Å²) >= 11 is 11.9. The third kappa shape index (κ3) is 2.82. The zero-order valence-corrected chi connectivity index (χ0v) is 12.5. The van der Waals surface area contributed by atoms with Crippen LogP contribution in [0.3, 0.4) is 0 Å². The summed E-state index contributed by atoms with van der Waals surface area (Å²) in [6.07, 6.45) is 1.37. The molecule has 19 heavy (non-hydrogen) atoms. The fourth-order valence-corrected chi connectivity index (χ4v) is 2.26. The maximum atomic E-state index is 5.99. The Labute approximate surface area is 122 Å². The summed E-state index contributed by atoms with van der Waals surface area (Å²) in [4.78, 5) is 8.02. The lowest BCUT2D eigenvalue weighted by Gasteiger charge is -2.14. The molecule has 0 fully saturated rings. The van der Waals surface area contributed by atoms with Crippen molar-refractivity contribution in [1.29, 1.82) is 0 Å². The number of aryl methyl sites for hydroxylation is 2. The first-order valence-corrected chi connectivity index (χ1v) is 6.75. The van der Waals surface area contributed by atoms with Crippen molar-refractivity contribution in [1.82, 2.24) is 9.97 Å². The smallest absolute Gasteiger partial charge is 0.228 e. The number of benzene rings is 1. The predicted octanol–water partition coefficient (Wildman–Crippen LogP) is 4.59. The lowest BCUT2D eigenvalue weighted by Crippen LogP contribution is -1.99. The minimum Gasteiger partial charge on any atom is -0.438 e. The molecule has 0 atom stereocenters. The largest absolute Gasteiger partial charge is 0.438 e. The van der Waals surface area contributed by atoms with Gasteiger partial charge in [-0.2, -0.15) is 0 Å². The fraction of sp³-hybridized carbons (Fsp3) is 0.286. The fourth-order valence-electron chi connectivity index (χ4n) is 1.76. The molecule has 0 N–H and O–H groups in total. The monoisotopic (exact) mass is 296 g/mol. The average molecular weight is 297 g/mol. The minimum absolute atomic E-state index is 0.207. The van der Waals surface area contributed by atoms with Crippen LogP contribution in [0.5, 0.6) is 11.6 Å². The molecule has 0 aliphatic carbocycles. The van der Waals surface area contributed by atoms with Crippen LogP contribution < -0.4 is 4.74 Å². The minimum atomic E-state index is 0.207. The quantitative estimate of drug-likeness (QED) is 0.614. The number of hydrogen-bond donors (Lipinski definition) is 0. The second kappa shape index (κ2) is 5.76. The number of hydrogen-bond acceptors (Lipinski definition) is 3. The number of rotatable bonds is 3. The van der Waals surface area contributed by atoms with E-state index in [0.29, 0.717) is 16.6 Å². The van der Waals surface area contributed by atoms with Crippen molar-refractivity contribution in [3.05, 3.63) is 45.9 Å². The zero-order chi connectivity index (χ0) is 14.0. The van der Waals surface area contributed by atoms with Crippen LogP contribution in [0.15, 0.2) is 18.5 Å². The van der Waals surface area contributed by atoms with Gasteiger partial charge in [0.25, 0.3) is 0 Å². The molecule has 0 bridgehead atoms. The van der Waals surface area contributed by atoms with Gasteiger partial charge >= 0.3 is 0 Å². The molecule has 2 aromatic rings. The van der Waals surface area contributed by atoms with Gasteiger partial charge in [0.05, 0.1) is 11.4 Å². The van der Waals surface area contributed by atoms with Crippen LogP contribution in [-0.4, -0.2) is 9.97 Å². The molecule has 0 saturated heterocycles. The molecule has 1 aromatic carbocycles. The molecule has 0 saturated carbocycles. The topological polar surface area (TPSA) is 35.0 Å². The van der Waals surface area contributed by atoms with E-state index in [1.807, 2.05) is 26.8 Å². The highest BCUT2D eigenvalue weighted by atomic mass is 35.5. The van der Waals surface area contributed by atoms with E-state index in [0.717, 1.165) is 22.4 Å². The molecule has 0 aliphatic heterocycles. The second-order valence-electron chi connectivity index (χ2n) is 4.34. The van der Waals surface area contributed by atoms with Crippen LogP contribution in [-0.2, 0) is 5.88 Å². The van der Waals surface area contributed by atoms with E-state index in [-0.39, 0.29) is 5.88 Å². The SMILES string of the molecule is Cc1ccc(C)c(Oc2ncnc(Cl)c2CCl)c1C. The summed E-state index contributed by atoms with van der Waals surface area (Å²) < 4.78 is 5.90. The molecule has 100 valence electrons. The van der Waals surface area contributed by atoms with Gasteiger partial charge in [0, 0.05) is 0 Å². The van der Waals surface area contributed by atoms with Gasteiger partial charge in [-0.3, -0.25) is 0 Å². The van der Waals surface area contributed by atoms with E-state index in [4.69, 9.17) is 27.9 Å². The summed E-state index contributed by atoms with van der Waals surface area (Å²) in [5.41, 5.74) is 3.88. The van der Waals surface area contributed by atoms with Gasteiger partial charge in [0.15, 0.2) is 0 Å². The molecule has 3 nitrogen and oxygen atoms in total.